The highest BCUT2D eigenvalue weighted by Gasteiger charge is 2.31. The highest BCUT2D eigenvalue weighted by molar-refractivity contribution is 7.98. The highest BCUT2D eigenvalue weighted by Crippen LogP contribution is 2.25. The van der Waals surface area contributed by atoms with Gasteiger partial charge in [0.15, 0.2) is 0 Å². The Morgan fingerprint density at radius 1 is 1.10 bits per heavy atom. The summed E-state index contributed by atoms with van der Waals surface area (Å²) in [5.41, 5.74) is 3.70. The van der Waals surface area contributed by atoms with Crippen molar-refractivity contribution in [2.75, 3.05) is 22.9 Å². The van der Waals surface area contributed by atoms with Gasteiger partial charge < -0.3 is 5.32 Å². The summed E-state index contributed by atoms with van der Waals surface area (Å²) < 4.78 is 26.3. The van der Waals surface area contributed by atoms with Crippen LogP contribution in [0.4, 0.5) is 5.69 Å². The van der Waals surface area contributed by atoms with Gasteiger partial charge in [0.1, 0.15) is 6.04 Å². The Morgan fingerprint density at radius 3 is 2.28 bits per heavy atom. The highest BCUT2D eigenvalue weighted by atomic mass is 32.2. The van der Waals surface area contributed by atoms with Crippen LogP contribution in [0.2, 0.25) is 0 Å². The number of sulfonamides is 1. The van der Waals surface area contributed by atoms with Crippen molar-refractivity contribution in [1.29, 1.82) is 0 Å². The Bertz CT molecular complexity index is 895. The van der Waals surface area contributed by atoms with E-state index >= 15 is 0 Å². The molecule has 0 aliphatic rings. The third-order valence-corrected chi connectivity index (χ3v) is 6.66. The smallest absolute Gasteiger partial charge is 0.243 e. The van der Waals surface area contributed by atoms with Crippen LogP contribution in [0.3, 0.4) is 0 Å². The second kappa shape index (κ2) is 10.7. The molecule has 1 atom stereocenters. The number of nitrogens with zero attached hydrogens (tertiary/aromatic N) is 1. The normalized spacial score (nSPS) is 12.4. The van der Waals surface area contributed by atoms with Gasteiger partial charge in [-0.2, -0.15) is 11.8 Å². The van der Waals surface area contributed by atoms with Crippen molar-refractivity contribution < 1.29 is 13.2 Å². The van der Waals surface area contributed by atoms with E-state index in [1.807, 2.05) is 45.0 Å². The predicted octanol–water partition coefficient (Wildman–Crippen LogP) is 3.90. The molecule has 0 radical (unpaired) electrons. The molecule has 1 amide bonds. The molecule has 7 heteroatoms. The van der Waals surface area contributed by atoms with Gasteiger partial charge in [-0.05, 0) is 49.1 Å². The second-order valence-electron chi connectivity index (χ2n) is 7.16. The van der Waals surface area contributed by atoms with Crippen LogP contribution in [0, 0.1) is 13.8 Å². The van der Waals surface area contributed by atoms with Crippen molar-refractivity contribution in [2.24, 2.45) is 0 Å². The van der Waals surface area contributed by atoms with Gasteiger partial charge in [-0.15, -0.1) is 0 Å². The number of hydrogen-bond acceptors (Lipinski definition) is 4. The molecule has 2 aromatic carbocycles. The third-order valence-electron chi connectivity index (χ3n) is 4.45. The molecule has 2 rings (SSSR count). The Hall–Kier alpha value is -1.99. The van der Waals surface area contributed by atoms with E-state index in [1.54, 1.807) is 23.9 Å². The average molecular weight is 435 g/mol. The molecule has 5 nitrogen and oxygen atoms in total. The number of carbonyl (C=O) groups excluding carboxylic acids is 1. The van der Waals surface area contributed by atoms with Gasteiger partial charge in [0.2, 0.25) is 15.9 Å². The lowest BCUT2D eigenvalue weighted by Crippen LogP contribution is -2.49. The minimum atomic E-state index is -3.61. The summed E-state index contributed by atoms with van der Waals surface area (Å²) in [5.74, 6) is 1.38. The number of anilines is 1. The van der Waals surface area contributed by atoms with Crippen LogP contribution in [-0.2, 0) is 20.6 Å². The van der Waals surface area contributed by atoms with Gasteiger partial charge >= 0.3 is 0 Å². The zero-order valence-corrected chi connectivity index (χ0v) is 19.1. The fourth-order valence-corrected chi connectivity index (χ4v) is 5.28. The first-order valence-electron chi connectivity index (χ1n) is 9.69. The third kappa shape index (κ3) is 7.08. The SMILES string of the molecule is CCC(C(=O)NCCSCc1ccccc1)N(c1cc(C)cc(C)c1)S(C)(=O)=O. The van der Waals surface area contributed by atoms with Crippen molar-refractivity contribution >= 4 is 33.4 Å². The van der Waals surface area contributed by atoms with E-state index < -0.39 is 16.1 Å². The van der Waals surface area contributed by atoms with E-state index in [2.05, 4.69) is 17.4 Å². The van der Waals surface area contributed by atoms with Gasteiger partial charge in [0, 0.05) is 18.1 Å². The standard InChI is InChI=1S/C22H30N2O3S2/c1-5-21(22(25)23-11-12-28-16-19-9-7-6-8-10-19)24(29(4,26)27)20-14-17(2)13-18(3)15-20/h6-10,13-15,21H,5,11-12,16H2,1-4H3,(H,23,25). The molecule has 0 saturated carbocycles. The number of benzene rings is 2. The molecule has 0 aliphatic carbocycles. The van der Waals surface area contributed by atoms with Crippen LogP contribution < -0.4 is 9.62 Å². The van der Waals surface area contributed by atoms with E-state index in [4.69, 9.17) is 0 Å². The number of aryl methyl sites for hydroxylation is 2. The molecule has 158 valence electrons. The Morgan fingerprint density at radius 2 is 1.72 bits per heavy atom. The molecular weight excluding hydrogens is 404 g/mol. The average Bonchev–Trinajstić information content (AvgIpc) is 2.64. The van der Waals surface area contributed by atoms with Crippen LogP contribution in [0.5, 0.6) is 0 Å². The second-order valence-corrected chi connectivity index (χ2v) is 10.1. The van der Waals surface area contributed by atoms with Gasteiger partial charge in [-0.3, -0.25) is 9.10 Å². The molecule has 0 aliphatic heterocycles. The maximum absolute atomic E-state index is 12.8. The summed E-state index contributed by atoms with van der Waals surface area (Å²) in [6.07, 6.45) is 1.54. The summed E-state index contributed by atoms with van der Waals surface area (Å²) >= 11 is 1.74. The molecule has 0 fully saturated rings. The molecular formula is C22H30N2O3S2. The summed E-state index contributed by atoms with van der Waals surface area (Å²) in [6, 6.07) is 15.0. The minimum Gasteiger partial charge on any atom is -0.353 e. The first-order valence-corrected chi connectivity index (χ1v) is 12.7. The summed E-state index contributed by atoms with van der Waals surface area (Å²) in [6.45, 7) is 6.16. The number of thioether (sulfide) groups is 1. The van der Waals surface area contributed by atoms with Crippen molar-refractivity contribution in [3.63, 3.8) is 0 Å². The first kappa shape index (κ1) is 23.3. The fourth-order valence-electron chi connectivity index (χ4n) is 3.27. The summed E-state index contributed by atoms with van der Waals surface area (Å²) in [7, 11) is -3.61. The lowest BCUT2D eigenvalue weighted by molar-refractivity contribution is -0.122. The quantitative estimate of drug-likeness (QED) is 0.576. The van der Waals surface area contributed by atoms with Crippen molar-refractivity contribution in [3.05, 3.63) is 65.2 Å². The van der Waals surface area contributed by atoms with Gasteiger partial charge in [0.05, 0.1) is 11.9 Å². The number of amides is 1. The van der Waals surface area contributed by atoms with Gasteiger partial charge in [-0.1, -0.05) is 43.3 Å². The number of nitrogens with one attached hydrogen (secondary N) is 1. The molecule has 1 unspecified atom stereocenters. The minimum absolute atomic E-state index is 0.266. The van der Waals surface area contributed by atoms with Crippen molar-refractivity contribution in [1.82, 2.24) is 5.32 Å². The largest absolute Gasteiger partial charge is 0.353 e. The zero-order valence-electron chi connectivity index (χ0n) is 17.5. The Balaban J connectivity index is 2.02. The lowest BCUT2D eigenvalue weighted by Gasteiger charge is -2.30. The zero-order chi connectivity index (χ0) is 21.4. The summed E-state index contributed by atoms with van der Waals surface area (Å²) in [5, 5.41) is 2.91. The number of rotatable bonds is 10. The monoisotopic (exact) mass is 434 g/mol. The number of carbonyl (C=O) groups is 1. The van der Waals surface area contributed by atoms with Crippen LogP contribution >= 0.6 is 11.8 Å². The Labute approximate surface area is 178 Å². The van der Waals surface area contributed by atoms with Crippen LogP contribution in [0.15, 0.2) is 48.5 Å². The molecule has 0 spiro atoms. The van der Waals surface area contributed by atoms with Crippen molar-refractivity contribution in [2.45, 2.75) is 39.0 Å². The van der Waals surface area contributed by atoms with Crippen LogP contribution in [-0.4, -0.2) is 38.9 Å². The topological polar surface area (TPSA) is 66.5 Å². The summed E-state index contributed by atoms with van der Waals surface area (Å²) in [4.78, 5) is 12.8. The molecule has 2 aromatic rings. The molecule has 0 heterocycles. The van der Waals surface area contributed by atoms with E-state index in [0.29, 0.717) is 18.7 Å². The molecule has 1 N–H and O–H groups in total. The van der Waals surface area contributed by atoms with Crippen molar-refractivity contribution in [3.8, 4) is 0 Å². The molecule has 0 bridgehead atoms. The fraction of sp³-hybridized carbons (Fsp3) is 0.409. The van der Waals surface area contributed by atoms with Crippen LogP contribution in [0.1, 0.15) is 30.0 Å². The van der Waals surface area contributed by atoms with E-state index in [0.717, 1.165) is 28.9 Å². The van der Waals surface area contributed by atoms with Crippen LogP contribution in [0.25, 0.3) is 0 Å². The van der Waals surface area contributed by atoms with E-state index in [-0.39, 0.29) is 5.91 Å². The maximum atomic E-state index is 12.8. The first-order chi connectivity index (χ1) is 13.7. The van der Waals surface area contributed by atoms with E-state index in [9.17, 15) is 13.2 Å². The van der Waals surface area contributed by atoms with Gasteiger partial charge in [-0.25, -0.2) is 8.42 Å². The molecule has 0 aromatic heterocycles. The van der Waals surface area contributed by atoms with Gasteiger partial charge in [0.25, 0.3) is 0 Å². The lowest BCUT2D eigenvalue weighted by atomic mass is 10.1. The molecule has 0 saturated heterocycles. The predicted molar refractivity (Wildman–Crippen MR) is 123 cm³/mol. The maximum Gasteiger partial charge on any atom is 0.243 e. The number of hydrogen-bond donors (Lipinski definition) is 1. The van der Waals surface area contributed by atoms with E-state index in [1.165, 1.54) is 9.87 Å². The molecule has 29 heavy (non-hydrogen) atoms. The Kier molecular flexibility index (Phi) is 8.59.